The molecule has 1 amide bonds. The van der Waals surface area contributed by atoms with E-state index in [2.05, 4.69) is 5.32 Å². The van der Waals surface area contributed by atoms with Crippen LogP contribution in [0.15, 0.2) is 47.4 Å². The molecule has 0 radical (unpaired) electrons. The van der Waals surface area contributed by atoms with Gasteiger partial charge in [0.05, 0.1) is 0 Å². The van der Waals surface area contributed by atoms with Crippen molar-refractivity contribution in [2.24, 2.45) is 7.05 Å². The third kappa shape index (κ3) is 3.72. The maximum absolute atomic E-state index is 12.0. The Morgan fingerprint density at radius 3 is 2.43 bits per heavy atom. The van der Waals surface area contributed by atoms with Crippen LogP contribution in [0.5, 0.6) is 0 Å². The van der Waals surface area contributed by atoms with Crippen LogP contribution in [0.1, 0.15) is 15.9 Å². The maximum atomic E-state index is 12.0. The van der Waals surface area contributed by atoms with E-state index in [0.29, 0.717) is 12.1 Å². The van der Waals surface area contributed by atoms with Crippen molar-refractivity contribution in [1.82, 2.24) is 9.88 Å². The molecule has 0 atom stereocenters. The predicted octanol–water partition coefficient (Wildman–Crippen LogP) is 1.38. The summed E-state index contributed by atoms with van der Waals surface area (Å²) in [5.41, 5.74) is 2.30. The Morgan fingerprint density at radius 1 is 1.19 bits per heavy atom. The Bertz CT molecular complexity index is 687. The van der Waals surface area contributed by atoms with Gasteiger partial charge in [0.25, 0.3) is 11.5 Å². The quantitative estimate of drug-likeness (QED) is 0.923. The van der Waals surface area contributed by atoms with E-state index in [4.69, 9.17) is 0 Å². The van der Waals surface area contributed by atoms with Gasteiger partial charge >= 0.3 is 0 Å². The topological polar surface area (TPSA) is 54.3 Å². The van der Waals surface area contributed by atoms with E-state index in [9.17, 15) is 9.59 Å². The van der Waals surface area contributed by atoms with Crippen molar-refractivity contribution in [3.63, 3.8) is 0 Å². The fraction of sp³-hybridized carbons (Fsp3) is 0.250. The third-order valence-electron chi connectivity index (χ3n) is 3.27. The first-order valence-electron chi connectivity index (χ1n) is 6.68. The van der Waals surface area contributed by atoms with Gasteiger partial charge in [0, 0.05) is 51.2 Å². The first-order chi connectivity index (χ1) is 9.97. The Morgan fingerprint density at radius 2 is 1.86 bits per heavy atom. The van der Waals surface area contributed by atoms with E-state index in [0.717, 1.165) is 11.3 Å². The standard InChI is InChI=1S/C16H19N3O2/c1-18(2)14-6-4-12(5-7-14)11-17-16(21)13-8-9-19(3)15(20)10-13/h4-10H,11H2,1-3H3,(H,17,21). The second-order valence-corrected chi connectivity index (χ2v) is 5.11. The molecular formula is C16H19N3O2. The van der Waals surface area contributed by atoms with Gasteiger partial charge in [-0.1, -0.05) is 12.1 Å². The average Bonchev–Trinajstić information content (AvgIpc) is 2.48. The SMILES string of the molecule is CN(C)c1ccc(CNC(=O)c2ccn(C)c(=O)c2)cc1. The number of nitrogens with zero attached hydrogens (tertiary/aromatic N) is 2. The van der Waals surface area contributed by atoms with Crippen LogP contribution < -0.4 is 15.8 Å². The zero-order chi connectivity index (χ0) is 15.4. The molecule has 0 spiro atoms. The fourth-order valence-corrected chi connectivity index (χ4v) is 1.89. The van der Waals surface area contributed by atoms with Crippen LogP contribution in [-0.2, 0) is 13.6 Å². The molecule has 0 unspecified atom stereocenters. The highest BCUT2D eigenvalue weighted by Gasteiger charge is 2.06. The number of hydrogen-bond donors (Lipinski definition) is 1. The van der Waals surface area contributed by atoms with Crippen molar-refractivity contribution < 1.29 is 4.79 Å². The highest BCUT2D eigenvalue weighted by Crippen LogP contribution is 2.12. The summed E-state index contributed by atoms with van der Waals surface area (Å²) in [5, 5.41) is 2.81. The lowest BCUT2D eigenvalue weighted by molar-refractivity contribution is 0.0950. The Balaban J connectivity index is 2.00. The van der Waals surface area contributed by atoms with Gasteiger partial charge < -0.3 is 14.8 Å². The number of rotatable bonds is 4. The van der Waals surface area contributed by atoms with E-state index in [1.54, 1.807) is 19.3 Å². The average molecular weight is 285 g/mol. The van der Waals surface area contributed by atoms with Crippen molar-refractivity contribution >= 4 is 11.6 Å². The van der Waals surface area contributed by atoms with Crippen molar-refractivity contribution in [3.8, 4) is 0 Å². The Labute approximate surface area is 123 Å². The van der Waals surface area contributed by atoms with E-state index < -0.39 is 0 Å². The Kier molecular flexibility index (Phi) is 4.42. The van der Waals surface area contributed by atoms with Crippen molar-refractivity contribution in [3.05, 3.63) is 64.1 Å². The van der Waals surface area contributed by atoms with Crippen molar-refractivity contribution in [2.75, 3.05) is 19.0 Å². The molecule has 0 bridgehead atoms. The lowest BCUT2D eigenvalue weighted by Crippen LogP contribution is -2.25. The van der Waals surface area contributed by atoms with E-state index in [1.165, 1.54) is 10.6 Å². The van der Waals surface area contributed by atoms with Crippen LogP contribution in [0.25, 0.3) is 0 Å². The summed E-state index contributed by atoms with van der Waals surface area (Å²) >= 11 is 0. The van der Waals surface area contributed by atoms with Crippen molar-refractivity contribution in [2.45, 2.75) is 6.54 Å². The normalized spacial score (nSPS) is 10.2. The number of benzene rings is 1. The summed E-state index contributed by atoms with van der Waals surface area (Å²) in [6, 6.07) is 10.9. The molecule has 1 aromatic heterocycles. The number of carbonyl (C=O) groups excluding carboxylic acids is 1. The molecule has 0 saturated carbocycles. The second-order valence-electron chi connectivity index (χ2n) is 5.11. The van der Waals surface area contributed by atoms with Crippen LogP contribution in [0.4, 0.5) is 5.69 Å². The molecule has 0 saturated heterocycles. The molecule has 0 aliphatic heterocycles. The molecule has 110 valence electrons. The molecular weight excluding hydrogens is 266 g/mol. The molecule has 2 aromatic rings. The van der Waals surface area contributed by atoms with Crippen LogP contribution in [0.3, 0.4) is 0 Å². The molecule has 21 heavy (non-hydrogen) atoms. The van der Waals surface area contributed by atoms with Gasteiger partial charge in [0.15, 0.2) is 0 Å². The number of anilines is 1. The fourth-order valence-electron chi connectivity index (χ4n) is 1.89. The van der Waals surface area contributed by atoms with E-state index in [-0.39, 0.29) is 11.5 Å². The molecule has 5 heteroatoms. The smallest absolute Gasteiger partial charge is 0.251 e. The second kappa shape index (κ2) is 6.26. The minimum atomic E-state index is -0.246. The summed E-state index contributed by atoms with van der Waals surface area (Å²) in [6.07, 6.45) is 1.59. The van der Waals surface area contributed by atoms with Gasteiger partial charge in [-0.25, -0.2) is 0 Å². The highest BCUT2D eigenvalue weighted by atomic mass is 16.2. The number of carbonyl (C=O) groups is 1. The minimum absolute atomic E-state index is 0.196. The summed E-state index contributed by atoms with van der Waals surface area (Å²) in [7, 11) is 5.61. The number of nitrogens with one attached hydrogen (secondary N) is 1. The van der Waals surface area contributed by atoms with E-state index >= 15 is 0 Å². The molecule has 1 heterocycles. The van der Waals surface area contributed by atoms with Crippen LogP contribution >= 0.6 is 0 Å². The number of amides is 1. The summed E-state index contributed by atoms with van der Waals surface area (Å²) in [6.45, 7) is 0.432. The number of aromatic nitrogens is 1. The first kappa shape index (κ1) is 14.8. The number of aryl methyl sites for hydroxylation is 1. The molecule has 5 nitrogen and oxygen atoms in total. The molecule has 0 aliphatic carbocycles. The summed E-state index contributed by atoms with van der Waals surface area (Å²) < 4.78 is 1.43. The molecule has 1 N–H and O–H groups in total. The summed E-state index contributed by atoms with van der Waals surface area (Å²) in [5.74, 6) is -0.246. The van der Waals surface area contributed by atoms with Gasteiger partial charge in [-0.3, -0.25) is 9.59 Å². The largest absolute Gasteiger partial charge is 0.378 e. The summed E-state index contributed by atoms with van der Waals surface area (Å²) in [4.78, 5) is 25.5. The highest BCUT2D eigenvalue weighted by molar-refractivity contribution is 5.93. The Hall–Kier alpha value is -2.56. The van der Waals surface area contributed by atoms with Gasteiger partial charge in [-0.05, 0) is 23.8 Å². The van der Waals surface area contributed by atoms with Gasteiger partial charge in [-0.15, -0.1) is 0 Å². The number of hydrogen-bond acceptors (Lipinski definition) is 3. The zero-order valence-electron chi connectivity index (χ0n) is 12.5. The lowest BCUT2D eigenvalue weighted by atomic mass is 10.2. The van der Waals surface area contributed by atoms with Crippen LogP contribution in [-0.4, -0.2) is 24.6 Å². The first-order valence-corrected chi connectivity index (χ1v) is 6.68. The molecule has 1 aromatic carbocycles. The molecule has 0 aliphatic rings. The van der Waals surface area contributed by atoms with Gasteiger partial charge in [0.2, 0.25) is 0 Å². The van der Waals surface area contributed by atoms with E-state index in [1.807, 2.05) is 43.3 Å². The third-order valence-corrected chi connectivity index (χ3v) is 3.27. The number of pyridine rings is 1. The van der Waals surface area contributed by atoms with Gasteiger partial charge in [0.1, 0.15) is 0 Å². The van der Waals surface area contributed by atoms with Crippen LogP contribution in [0, 0.1) is 0 Å². The molecule has 2 rings (SSSR count). The minimum Gasteiger partial charge on any atom is -0.378 e. The predicted molar refractivity (Wildman–Crippen MR) is 83.6 cm³/mol. The van der Waals surface area contributed by atoms with Crippen LogP contribution in [0.2, 0.25) is 0 Å². The zero-order valence-corrected chi connectivity index (χ0v) is 12.5. The van der Waals surface area contributed by atoms with Gasteiger partial charge in [-0.2, -0.15) is 0 Å². The monoisotopic (exact) mass is 285 g/mol. The maximum Gasteiger partial charge on any atom is 0.251 e. The van der Waals surface area contributed by atoms with Crippen molar-refractivity contribution in [1.29, 1.82) is 0 Å². The molecule has 0 fully saturated rings. The lowest BCUT2D eigenvalue weighted by Gasteiger charge is -2.13.